The van der Waals surface area contributed by atoms with Crippen molar-refractivity contribution in [1.82, 2.24) is 9.38 Å². The molecule has 3 rings (SSSR count). The van der Waals surface area contributed by atoms with Gasteiger partial charge in [0.1, 0.15) is 5.65 Å². The monoisotopic (exact) mass is 231 g/mol. The third-order valence-corrected chi connectivity index (χ3v) is 3.16. The van der Waals surface area contributed by atoms with Crippen LogP contribution in [0.5, 0.6) is 0 Å². The summed E-state index contributed by atoms with van der Waals surface area (Å²) in [6.07, 6.45) is 2.79. The van der Waals surface area contributed by atoms with E-state index in [0.717, 1.165) is 6.42 Å². The summed E-state index contributed by atoms with van der Waals surface area (Å²) in [4.78, 5) is 15.6. The van der Waals surface area contributed by atoms with Gasteiger partial charge in [0.25, 0.3) is 0 Å². The molecule has 5 heteroatoms. The van der Waals surface area contributed by atoms with Gasteiger partial charge in [-0.05, 0) is 24.5 Å². The highest BCUT2D eigenvalue weighted by atomic mass is 16.4. The van der Waals surface area contributed by atoms with Gasteiger partial charge in [0.05, 0.1) is 0 Å². The van der Waals surface area contributed by atoms with Crippen LogP contribution in [0.4, 0.5) is 5.82 Å². The lowest BCUT2D eigenvalue weighted by Gasteiger charge is -2.02. The zero-order valence-corrected chi connectivity index (χ0v) is 9.42. The van der Waals surface area contributed by atoms with Gasteiger partial charge in [0, 0.05) is 12.2 Å². The van der Waals surface area contributed by atoms with Crippen molar-refractivity contribution < 1.29 is 9.90 Å². The predicted molar refractivity (Wildman–Crippen MR) is 63.3 cm³/mol. The lowest BCUT2D eigenvalue weighted by atomic mass is 10.4. The molecule has 2 N–H and O–H groups in total. The van der Waals surface area contributed by atoms with Crippen LogP contribution in [0.3, 0.4) is 0 Å². The number of pyridine rings is 1. The molecule has 2 unspecified atom stereocenters. The minimum Gasteiger partial charge on any atom is -0.476 e. The van der Waals surface area contributed by atoms with Gasteiger partial charge in [0.15, 0.2) is 11.5 Å². The van der Waals surface area contributed by atoms with Gasteiger partial charge in [-0.3, -0.25) is 4.40 Å². The summed E-state index contributed by atoms with van der Waals surface area (Å²) in [5.41, 5.74) is 0.861. The molecule has 2 aromatic rings. The van der Waals surface area contributed by atoms with Crippen LogP contribution in [0, 0.1) is 5.92 Å². The Morgan fingerprint density at radius 1 is 1.59 bits per heavy atom. The topological polar surface area (TPSA) is 66.6 Å². The summed E-state index contributed by atoms with van der Waals surface area (Å²) < 4.78 is 1.59. The summed E-state index contributed by atoms with van der Waals surface area (Å²) in [6, 6.07) is 5.80. The van der Waals surface area contributed by atoms with Crippen LogP contribution in [-0.2, 0) is 0 Å². The second kappa shape index (κ2) is 3.48. The van der Waals surface area contributed by atoms with Crippen LogP contribution in [-0.4, -0.2) is 26.5 Å². The molecule has 1 saturated carbocycles. The van der Waals surface area contributed by atoms with Crippen molar-refractivity contribution in [3.8, 4) is 0 Å². The molecule has 2 heterocycles. The van der Waals surface area contributed by atoms with Crippen LogP contribution >= 0.6 is 0 Å². The molecule has 0 aromatic carbocycles. The van der Waals surface area contributed by atoms with Crippen molar-refractivity contribution in [3.05, 3.63) is 30.1 Å². The average molecular weight is 231 g/mol. The van der Waals surface area contributed by atoms with Gasteiger partial charge in [-0.15, -0.1) is 0 Å². The number of nitrogens with zero attached hydrogens (tertiary/aromatic N) is 2. The Balaban J connectivity index is 2.09. The number of carboxylic acids is 1. The summed E-state index contributed by atoms with van der Waals surface area (Å²) in [7, 11) is 0. The molecule has 5 nitrogen and oxygen atoms in total. The van der Waals surface area contributed by atoms with E-state index < -0.39 is 5.97 Å². The highest BCUT2D eigenvalue weighted by Gasteiger charge is 2.34. The van der Waals surface area contributed by atoms with Crippen molar-refractivity contribution in [2.45, 2.75) is 19.4 Å². The first kappa shape index (κ1) is 10.1. The minimum absolute atomic E-state index is 0.208. The third-order valence-electron chi connectivity index (χ3n) is 3.16. The van der Waals surface area contributed by atoms with Crippen LogP contribution < -0.4 is 5.32 Å². The van der Waals surface area contributed by atoms with Gasteiger partial charge >= 0.3 is 5.97 Å². The summed E-state index contributed by atoms with van der Waals surface area (Å²) in [5, 5.41) is 12.4. The van der Waals surface area contributed by atoms with Crippen molar-refractivity contribution in [1.29, 1.82) is 0 Å². The highest BCUT2D eigenvalue weighted by molar-refractivity contribution is 5.93. The van der Waals surface area contributed by atoms with Gasteiger partial charge < -0.3 is 10.4 Å². The highest BCUT2D eigenvalue weighted by Crippen LogP contribution is 2.33. The lowest BCUT2D eigenvalue weighted by Crippen LogP contribution is -2.10. The number of carboxylic acid groups (broad SMARTS) is 1. The quantitative estimate of drug-likeness (QED) is 0.846. The number of fused-ring (bicyclic) bond motifs is 1. The molecule has 17 heavy (non-hydrogen) atoms. The van der Waals surface area contributed by atoms with E-state index in [1.165, 1.54) is 0 Å². The number of rotatable bonds is 3. The first-order valence-corrected chi connectivity index (χ1v) is 5.63. The molecule has 1 aliphatic rings. The summed E-state index contributed by atoms with van der Waals surface area (Å²) >= 11 is 0. The van der Waals surface area contributed by atoms with E-state index in [4.69, 9.17) is 0 Å². The Kier molecular flexibility index (Phi) is 2.07. The Hall–Kier alpha value is -2.04. The number of hydrogen-bond acceptors (Lipinski definition) is 3. The van der Waals surface area contributed by atoms with E-state index >= 15 is 0 Å². The van der Waals surface area contributed by atoms with Gasteiger partial charge in [0.2, 0.25) is 0 Å². The maximum Gasteiger partial charge on any atom is 0.356 e. The molecule has 88 valence electrons. The molecule has 1 fully saturated rings. The Bertz CT molecular complexity index is 590. The molecule has 1 aliphatic carbocycles. The fourth-order valence-corrected chi connectivity index (χ4v) is 2.00. The first-order chi connectivity index (χ1) is 8.16. The van der Waals surface area contributed by atoms with Crippen LogP contribution in [0.2, 0.25) is 0 Å². The van der Waals surface area contributed by atoms with E-state index in [1.54, 1.807) is 22.7 Å². The van der Waals surface area contributed by atoms with Gasteiger partial charge in [-0.1, -0.05) is 13.0 Å². The normalized spacial score (nSPS) is 22.6. The summed E-state index contributed by atoms with van der Waals surface area (Å²) in [6.45, 7) is 2.13. The number of aromatic carboxylic acids is 1. The van der Waals surface area contributed by atoms with E-state index in [1.807, 2.05) is 6.07 Å². The zero-order valence-electron chi connectivity index (χ0n) is 9.42. The lowest BCUT2D eigenvalue weighted by molar-refractivity contribution is 0.0690. The maximum atomic E-state index is 11.3. The molecule has 0 aliphatic heterocycles. The number of anilines is 1. The van der Waals surface area contributed by atoms with E-state index in [2.05, 4.69) is 17.2 Å². The van der Waals surface area contributed by atoms with Gasteiger partial charge in [-0.25, -0.2) is 9.78 Å². The standard InChI is InChI=1S/C12H13N3O2/c1-7-6-8(7)13-11-10(12(16)17)15-5-3-2-4-9(15)14-11/h2-5,7-8,13H,6H2,1H3,(H,16,17). The fourth-order valence-electron chi connectivity index (χ4n) is 2.00. The number of aromatic nitrogens is 2. The van der Waals surface area contributed by atoms with E-state index in [-0.39, 0.29) is 5.69 Å². The molecular weight excluding hydrogens is 218 g/mol. The van der Waals surface area contributed by atoms with Crippen molar-refractivity contribution in [2.75, 3.05) is 5.32 Å². The molecule has 0 spiro atoms. The minimum atomic E-state index is -0.959. The molecule has 2 atom stereocenters. The second-order valence-corrected chi connectivity index (χ2v) is 4.51. The van der Waals surface area contributed by atoms with Crippen LogP contribution in [0.25, 0.3) is 5.65 Å². The Morgan fingerprint density at radius 2 is 2.35 bits per heavy atom. The Morgan fingerprint density at radius 3 is 3.00 bits per heavy atom. The molecule has 0 saturated heterocycles. The maximum absolute atomic E-state index is 11.3. The predicted octanol–water partition coefficient (Wildman–Crippen LogP) is 1.85. The van der Waals surface area contributed by atoms with E-state index in [9.17, 15) is 9.90 Å². The smallest absolute Gasteiger partial charge is 0.356 e. The van der Waals surface area contributed by atoms with E-state index in [0.29, 0.717) is 23.4 Å². The SMILES string of the molecule is CC1CC1Nc1nc2ccccn2c1C(=O)O. The van der Waals surface area contributed by atoms with Crippen molar-refractivity contribution >= 4 is 17.4 Å². The van der Waals surface area contributed by atoms with Gasteiger partial charge in [-0.2, -0.15) is 0 Å². The average Bonchev–Trinajstić information content (AvgIpc) is 2.86. The first-order valence-electron chi connectivity index (χ1n) is 5.63. The number of imidazole rings is 1. The molecule has 2 aromatic heterocycles. The Labute approximate surface area is 98.1 Å². The third kappa shape index (κ3) is 1.63. The van der Waals surface area contributed by atoms with Crippen molar-refractivity contribution in [3.63, 3.8) is 0 Å². The molecule has 0 amide bonds. The largest absolute Gasteiger partial charge is 0.476 e. The van der Waals surface area contributed by atoms with Crippen molar-refractivity contribution in [2.24, 2.45) is 5.92 Å². The molecular formula is C12H13N3O2. The second-order valence-electron chi connectivity index (χ2n) is 4.51. The summed E-state index contributed by atoms with van der Waals surface area (Å²) in [5.74, 6) is 0.110. The number of carbonyl (C=O) groups is 1. The fraction of sp³-hybridized carbons (Fsp3) is 0.333. The van der Waals surface area contributed by atoms with Crippen LogP contribution in [0.1, 0.15) is 23.8 Å². The number of nitrogens with one attached hydrogen (secondary N) is 1. The van der Waals surface area contributed by atoms with Crippen LogP contribution in [0.15, 0.2) is 24.4 Å². The molecule has 0 radical (unpaired) electrons. The molecule has 0 bridgehead atoms. The zero-order chi connectivity index (χ0) is 12.0. The number of hydrogen-bond donors (Lipinski definition) is 2.